The van der Waals surface area contributed by atoms with Gasteiger partial charge in [-0.1, -0.05) is 12.0 Å². The van der Waals surface area contributed by atoms with Gasteiger partial charge in [0.1, 0.15) is 11.3 Å². The van der Waals surface area contributed by atoms with Crippen LogP contribution in [0.4, 0.5) is 8.78 Å². The van der Waals surface area contributed by atoms with Crippen LogP contribution >= 0.6 is 0 Å². The smallest absolute Gasteiger partial charge is 0.395 e. The average molecular weight is 483 g/mol. The van der Waals surface area contributed by atoms with Gasteiger partial charge < -0.3 is 24.4 Å². The lowest BCUT2D eigenvalue weighted by molar-refractivity contribution is -0.286. The summed E-state index contributed by atoms with van der Waals surface area (Å²) < 4.78 is 35.1. The molecule has 1 saturated heterocycles. The van der Waals surface area contributed by atoms with Gasteiger partial charge in [-0.15, -0.1) is 8.78 Å². The van der Waals surface area contributed by atoms with Crippen molar-refractivity contribution in [2.75, 3.05) is 26.2 Å². The lowest BCUT2D eigenvalue weighted by Crippen LogP contribution is -2.50. The van der Waals surface area contributed by atoms with Crippen LogP contribution in [-0.4, -0.2) is 69.8 Å². The van der Waals surface area contributed by atoms with Gasteiger partial charge in [-0.3, -0.25) is 9.59 Å². The Kier molecular flexibility index (Phi) is 6.45. The zero-order valence-corrected chi connectivity index (χ0v) is 19.1. The second-order valence-corrected chi connectivity index (χ2v) is 8.56. The number of ether oxygens (including phenoxy) is 2. The molecule has 0 unspecified atom stereocenters. The van der Waals surface area contributed by atoms with Crippen molar-refractivity contribution >= 4 is 17.9 Å². The Labute approximate surface area is 200 Å². The number of carbonyl (C=O) groups excluding carboxylic acids is 2. The molecule has 35 heavy (non-hydrogen) atoms. The quantitative estimate of drug-likeness (QED) is 0.533. The van der Waals surface area contributed by atoms with Crippen LogP contribution in [0.3, 0.4) is 0 Å². The van der Waals surface area contributed by atoms with Crippen LogP contribution in [0.2, 0.25) is 0 Å². The topological polar surface area (TPSA) is 92.2 Å². The Morgan fingerprint density at radius 1 is 1.09 bits per heavy atom. The predicted molar refractivity (Wildman–Crippen MR) is 122 cm³/mol. The van der Waals surface area contributed by atoms with E-state index in [9.17, 15) is 23.5 Å². The summed E-state index contributed by atoms with van der Waals surface area (Å²) >= 11 is 0. The van der Waals surface area contributed by atoms with Gasteiger partial charge in [-0.2, -0.15) is 0 Å². The molecule has 2 aromatic rings. The second-order valence-electron chi connectivity index (χ2n) is 8.56. The van der Waals surface area contributed by atoms with Crippen LogP contribution in [0.25, 0.3) is 6.08 Å². The van der Waals surface area contributed by atoms with Crippen molar-refractivity contribution in [3.05, 3.63) is 59.4 Å². The van der Waals surface area contributed by atoms with E-state index in [1.54, 1.807) is 41.8 Å². The van der Waals surface area contributed by atoms with Crippen molar-refractivity contribution in [2.45, 2.75) is 25.7 Å². The number of fused-ring (bicyclic) bond motifs is 1. The van der Waals surface area contributed by atoms with E-state index in [4.69, 9.17) is 0 Å². The number of hydrogen-bond donors (Lipinski definition) is 1. The number of pyridine rings is 1. The van der Waals surface area contributed by atoms with Crippen molar-refractivity contribution in [2.24, 2.45) is 0 Å². The highest BCUT2D eigenvalue weighted by atomic mass is 19.3. The van der Waals surface area contributed by atoms with Gasteiger partial charge in [0, 0.05) is 44.0 Å². The molecule has 4 rings (SSSR count). The SMILES string of the molecule is CC(C)(O)C#Cc1cc(C(=O)N2CCN(C(=O)/C=C/c3ccc4c(c3)OC(F)(F)O4)CC2)ccn1. The highest BCUT2D eigenvalue weighted by Crippen LogP contribution is 2.41. The Morgan fingerprint density at radius 3 is 2.49 bits per heavy atom. The molecule has 0 aliphatic carbocycles. The molecule has 0 saturated carbocycles. The van der Waals surface area contributed by atoms with Gasteiger partial charge in [-0.25, -0.2) is 4.98 Å². The number of carbonyl (C=O) groups is 2. The van der Waals surface area contributed by atoms with Crippen LogP contribution < -0.4 is 9.47 Å². The molecule has 8 nitrogen and oxygen atoms in total. The maximum absolute atomic E-state index is 13.2. The molecule has 0 bridgehead atoms. The number of hydrogen-bond acceptors (Lipinski definition) is 6. The van der Waals surface area contributed by atoms with Crippen LogP contribution in [0, 0.1) is 11.8 Å². The first kappa shape index (κ1) is 24.2. The highest BCUT2D eigenvalue weighted by molar-refractivity contribution is 5.95. The Bertz CT molecular complexity index is 1240. The standard InChI is InChI=1S/C25H23F2N3O5/c1-24(2,33)9-7-19-16-18(8-10-28-19)23(32)30-13-11-29(12-14-30)22(31)6-4-17-3-5-20-21(15-17)35-25(26,27)34-20/h3-6,8,10,15-16,33H,11-14H2,1-2H3/b6-4+. The van der Waals surface area contributed by atoms with Crippen molar-refractivity contribution < 1.29 is 33.0 Å². The van der Waals surface area contributed by atoms with Crippen LogP contribution in [-0.2, 0) is 4.79 Å². The minimum atomic E-state index is -3.70. The highest BCUT2D eigenvalue weighted by Gasteiger charge is 2.43. The summed E-state index contributed by atoms with van der Waals surface area (Å²) in [6, 6.07) is 7.43. The van der Waals surface area contributed by atoms with Crippen LogP contribution in [0.5, 0.6) is 11.5 Å². The third-order valence-corrected chi connectivity index (χ3v) is 5.23. The number of piperazine rings is 1. The molecule has 0 atom stereocenters. The molecule has 182 valence electrons. The Morgan fingerprint density at radius 2 is 1.77 bits per heavy atom. The minimum absolute atomic E-state index is 0.0649. The van der Waals surface area contributed by atoms with Gasteiger partial charge in [-0.05, 0) is 55.7 Å². The third-order valence-electron chi connectivity index (χ3n) is 5.23. The molecular formula is C25H23F2N3O5. The molecule has 1 fully saturated rings. The first-order valence-electron chi connectivity index (χ1n) is 10.9. The summed E-state index contributed by atoms with van der Waals surface area (Å²) in [5.41, 5.74) is 0.141. The number of amides is 2. The van der Waals surface area contributed by atoms with Gasteiger partial charge in [0.2, 0.25) is 5.91 Å². The maximum Gasteiger partial charge on any atom is 0.586 e. The number of rotatable bonds is 3. The summed E-state index contributed by atoms with van der Waals surface area (Å²) in [5, 5.41) is 9.74. The molecule has 1 aromatic heterocycles. The molecule has 2 aliphatic rings. The van der Waals surface area contributed by atoms with Gasteiger partial charge in [0.25, 0.3) is 5.91 Å². The lowest BCUT2D eigenvalue weighted by atomic mass is 10.1. The van der Waals surface area contributed by atoms with Crippen molar-refractivity contribution in [1.82, 2.24) is 14.8 Å². The monoisotopic (exact) mass is 483 g/mol. The number of aromatic nitrogens is 1. The fourth-order valence-corrected chi connectivity index (χ4v) is 3.50. The zero-order chi connectivity index (χ0) is 25.2. The molecule has 0 radical (unpaired) electrons. The van der Waals surface area contributed by atoms with Crippen molar-refractivity contribution in [1.29, 1.82) is 0 Å². The van der Waals surface area contributed by atoms with Crippen LogP contribution in [0.15, 0.2) is 42.6 Å². The van der Waals surface area contributed by atoms with E-state index < -0.39 is 11.9 Å². The van der Waals surface area contributed by atoms with E-state index in [-0.39, 0.29) is 23.3 Å². The summed E-state index contributed by atoms with van der Waals surface area (Å²) in [4.78, 5) is 32.8. The molecule has 1 N–H and O–H groups in total. The number of alkyl halides is 2. The van der Waals surface area contributed by atoms with Gasteiger partial charge in [0.05, 0.1) is 0 Å². The molecule has 3 heterocycles. The molecule has 10 heteroatoms. The second kappa shape index (κ2) is 9.35. The largest absolute Gasteiger partial charge is 0.586 e. The van der Waals surface area contributed by atoms with E-state index in [1.165, 1.54) is 30.5 Å². The fourth-order valence-electron chi connectivity index (χ4n) is 3.50. The lowest BCUT2D eigenvalue weighted by Gasteiger charge is -2.34. The summed E-state index contributed by atoms with van der Waals surface area (Å²) in [6.07, 6.45) is 0.652. The van der Waals surface area contributed by atoms with E-state index in [0.717, 1.165) is 0 Å². The van der Waals surface area contributed by atoms with E-state index >= 15 is 0 Å². The predicted octanol–water partition coefficient (Wildman–Crippen LogP) is 2.52. The first-order valence-corrected chi connectivity index (χ1v) is 10.9. The van der Waals surface area contributed by atoms with E-state index in [1.807, 2.05) is 0 Å². The molecule has 1 aromatic carbocycles. The van der Waals surface area contributed by atoms with E-state index in [2.05, 4.69) is 26.3 Å². The molecule has 2 amide bonds. The minimum Gasteiger partial charge on any atom is -0.395 e. The van der Waals surface area contributed by atoms with Crippen LogP contribution in [0.1, 0.15) is 35.5 Å². The Hall–Kier alpha value is -3.97. The van der Waals surface area contributed by atoms with Crippen molar-refractivity contribution in [3.8, 4) is 23.3 Å². The summed E-state index contributed by atoms with van der Waals surface area (Å²) in [6.45, 7) is 4.51. The molecule has 2 aliphatic heterocycles. The zero-order valence-electron chi connectivity index (χ0n) is 19.1. The summed E-state index contributed by atoms with van der Waals surface area (Å²) in [5.74, 6) is 4.81. The third kappa shape index (κ3) is 6.13. The number of benzene rings is 1. The molecule has 0 spiro atoms. The van der Waals surface area contributed by atoms with Crippen molar-refractivity contribution in [3.63, 3.8) is 0 Å². The number of halogens is 2. The maximum atomic E-state index is 13.2. The average Bonchev–Trinajstić information content (AvgIpc) is 3.13. The van der Waals surface area contributed by atoms with Gasteiger partial charge in [0.15, 0.2) is 11.5 Å². The number of nitrogens with zero attached hydrogens (tertiary/aromatic N) is 3. The summed E-state index contributed by atoms with van der Waals surface area (Å²) in [7, 11) is 0. The fraction of sp³-hybridized carbons (Fsp3) is 0.320. The molecular weight excluding hydrogens is 460 g/mol. The number of aliphatic hydroxyl groups is 1. The van der Waals surface area contributed by atoms with Gasteiger partial charge >= 0.3 is 6.29 Å². The first-order chi connectivity index (χ1) is 16.5. The Balaban J connectivity index is 1.33. The normalized spacial score (nSPS) is 16.7. The van der Waals surface area contributed by atoms with E-state index in [0.29, 0.717) is 43.0 Å².